The van der Waals surface area contributed by atoms with Gasteiger partial charge in [0.2, 0.25) is 0 Å². The molecular formula is C18H26N2O. The summed E-state index contributed by atoms with van der Waals surface area (Å²) in [6, 6.07) is 8.96. The van der Waals surface area contributed by atoms with Crippen LogP contribution in [0.4, 0.5) is 0 Å². The summed E-state index contributed by atoms with van der Waals surface area (Å²) < 4.78 is 5.89. The number of aryl methyl sites for hydroxylation is 1. The van der Waals surface area contributed by atoms with Gasteiger partial charge in [-0.15, -0.1) is 0 Å². The highest BCUT2D eigenvalue weighted by Crippen LogP contribution is 2.38. The number of hydrogen-bond acceptors (Lipinski definition) is 3. The molecular weight excluding hydrogens is 260 g/mol. The van der Waals surface area contributed by atoms with E-state index in [2.05, 4.69) is 31.3 Å². The predicted molar refractivity (Wildman–Crippen MR) is 87.3 cm³/mol. The normalized spacial score (nSPS) is 22.8. The topological polar surface area (TPSA) is 51.2 Å². The van der Waals surface area contributed by atoms with E-state index in [9.17, 15) is 0 Å². The number of furan rings is 1. The fourth-order valence-electron chi connectivity index (χ4n) is 3.75. The van der Waals surface area contributed by atoms with Gasteiger partial charge in [-0.3, -0.25) is 0 Å². The lowest BCUT2D eigenvalue weighted by molar-refractivity contribution is 0.353. The molecule has 1 aliphatic rings. The zero-order valence-corrected chi connectivity index (χ0v) is 13.3. The highest BCUT2D eigenvalue weighted by molar-refractivity contribution is 5.82. The van der Waals surface area contributed by atoms with E-state index in [4.69, 9.17) is 10.2 Å². The fraction of sp³-hybridized carbons (Fsp3) is 0.556. The molecule has 2 unspecified atom stereocenters. The minimum atomic E-state index is 0.174. The summed E-state index contributed by atoms with van der Waals surface area (Å²) in [6.45, 7) is 7.34. The van der Waals surface area contributed by atoms with E-state index in [0.29, 0.717) is 18.0 Å². The molecule has 0 aliphatic heterocycles. The molecule has 0 amide bonds. The molecule has 2 atom stereocenters. The smallest absolute Gasteiger partial charge is 0.134 e. The summed E-state index contributed by atoms with van der Waals surface area (Å²) in [5.74, 6) is 0.983. The average Bonchev–Trinajstić information content (AvgIpc) is 2.95. The van der Waals surface area contributed by atoms with Crippen LogP contribution in [-0.2, 0) is 0 Å². The van der Waals surface area contributed by atoms with Crippen molar-refractivity contribution in [3.63, 3.8) is 0 Å². The maximum absolute atomic E-state index is 6.07. The van der Waals surface area contributed by atoms with Crippen LogP contribution in [0.25, 0.3) is 11.0 Å². The van der Waals surface area contributed by atoms with E-state index in [1.54, 1.807) is 0 Å². The third-order valence-corrected chi connectivity index (χ3v) is 4.81. The molecule has 3 heteroatoms. The van der Waals surface area contributed by atoms with E-state index >= 15 is 0 Å². The first-order chi connectivity index (χ1) is 10.00. The number of fused-ring (bicyclic) bond motifs is 1. The molecule has 0 saturated heterocycles. The molecule has 0 spiro atoms. The molecule has 1 aromatic heterocycles. The molecule has 1 saturated carbocycles. The third-order valence-electron chi connectivity index (χ3n) is 4.81. The molecule has 0 bridgehead atoms. The first-order valence-corrected chi connectivity index (χ1v) is 7.94. The Morgan fingerprint density at radius 2 is 2.14 bits per heavy atom. The fourth-order valence-corrected chi connectivity index (χ4v) is 3.75. The Hall–Kier alpha value is -1.32. The number of hydrogen-bond donors (Lipinski definition) is 2. The molecule has 3 N–H and O–H groups in total. The van der Waals surface area contributed by atoms with Crippen molar-refractivity contribution in [1.29, 1.82) is 0 Å². The van der Waals surface area contributed by atoms with Gasteiger partial charge in [-0.1, -0.05) is 32.0 Å². The molecule has 0 radical (unpaired) electrons. The minimum absolute atomic E-state index is 0.174. The van der Waals surface area contributed by atoms with Gasteiger partial charge in [0, 0.05) is 29.6 Å². The quantitative estimate of drug-likeness (QED) is 0.896. The molecule has 2 aromatic rings. The van der Waals surface area contributed by atoms with Gasteiger partial charge in [0.15, 0.2) is 0 Å². The van der Waals surface area contributed by atoms with Crippen LogP contribution in [0.3, 0.4) is 0 Å². The molecule has 21 heavy (non-hydrogen) atoms. The van der Waals surface area contributed by atoms with E-state index in [0.717, 1.165) is 11.3 Å². The van der Waals surface area contributed by atoms with Crippen LogP contribution in [0.1, 0.15) is 50.5 Å². The van der Waals surface area contributed by atoms with Gasteiger partial charge in [-0.25, -0.2) is 0 Å². The largest absolute Gasteiger partial charge is 0.461 e. The van der Waals surface area contributed by atoms with Gasteiger partial charge in [0.25, 0.3) is 0 Å². The van der Waals surface area contributed by atoms with Crippen LogP contribution in [0.2, 0.25) is 0 Å². The Bertz CT molecular complexity index is 629. The van der Waals surface area contributed by atoms with Crippen LogP contribution in [0.15, 0.2) is 28.7 Å². The standard InChI is InChI=1S/C18H26N2O/c1-12-17(14-6-4-5-7-16(14)21-12)15(11-19)20-13-8-9-18(2,3)10-13/h4-7,13,15,20H,8-11,19H2,1-3H3. The lowest BCUT2D eigenvalue weighted by atomic mass is 9.91. The van der Waals surface area contributed by atoms with Crippen LogP contribution in [0.5, 0.6) is 0 Å². The zero-order valence-electron chi connectivity index (χ0n) is 13.3. The Labute approximate surface area is 126 Å². The van der Waals surface area contributed by atoms with Crippen molar-refractivity contribution in [2.75, 3.05) is 6.54 Å². The van der Waals surface area contributed by atoms with Gasteiger partial charge in [0.1, 0.15) is 11.3 Å². The van der Waals surface area contributed by atoms with Gasteiger partial charge in [0.05, 0.1) is 0 Å². The summed E-state index contributed by atoms with van der Waals surface area (Å²) in [5, 5.41) is 4.96. The maximum atomic E-state index is 6.07. The second kappa shape index (κ2) is 5.47. The van der Waals surface area contributed by atoms with Gasteiger partial charge in [-0.05, 0) is 37.7 Å². The first-order valence-electron chi connectivity index (χ1n) is 7.94. The second-order valence-electron chi connectivity index (χ2n) is 7.13. The van der Waals surface area contributed by atoms with Gasteiger partial charge >= 0.3 is 0 Å². The maximum Gasteiger partial charge on any atom is 0.134 e. The lowest BCUT2D eigenvalue weighted by Crippen LogP contribution is -2.36. The molecule has 3 rings (SSSR count). The SMILES string of the molecule is Cc1oc2ccccc2c1C(CN)NC1CCC(C)(C)C1. The molecule has 1 heterocycles. The van der Waals surface area contributed by atoms with Crippen molar-refractivity contribution in [2.45, 2.75) is 52.1 Å². The third kappa shape index (κ3) is 2.85. The van der Waals surface area contributed by atoms with Crippen molar-refractivity contribution < 1.29 is 4.42 Å². The molecule has 3 nitrogen and oxygen atoms in total. The molecule has 114 valence electrons. The number of rotatable bonds is 4. The van der Waals surface area contributed by atoms with E-state index in [1.165, 1.54) is 30.2 Å². The molecule has 1 fully saturated rings. The zero-order chi connectivity index (χ0) is 15.0. The Morgan fingerprint density at radius 3 is 2.81 bits per heavy atom. The van der Waals surface area contributed by atoms with Gasteiger partial charge in [-0.2, -0.15) is 0 Å². The van der Waals surface area contributed by atoms with Crippen LogP contribution < -0.4 is 11.1 Å². The van der Waals surface area contributed by atoms with Crippen molar-refractivity contribution in [3.8, 4) is 0 Å². The van der Waals surface area contributed by atoms with E-state index in [1.807, 2.05) is 19.1 Å². The Morgan fingerprint density at radius 1 is 1.38 bits per heavy atom. The summed E-state index contributed by atoms with van der Waals surface area (Å²) in [6.07, 6.45) is 3.74. The molecule has 1 aromatic carbocycles. The van der Waals surface area contributed by atoms with Crippen molar-refractivity contribution in [2.24, 2.45) is 11.1 Å². The minimum Gasteiger partial charge on any atom is -0.461 e. The highest BCUT2D eigenvalue weighted by atomic mass is 16.3. The van der Waals surface area contributed by atoms with E-state index in [-0.39, 0.29) is 6.04 Å². The van der Waals surface area contributed by atoms with Crippen LogP contribution >= 0.6 is 0 Å². The average molecular weight is 286 g/mol. The van der Waals surface area contributed by atoms with Crippen molar-refractivity contribution >= 4 is 11.0 Å². The monoisotopic (exact) mass is 286 g/mol. The lowest BCUT2D eigenvalue weighted by Gasteiger charge is -2.23. The highest BCUT2D eigenvalue weighted by Gasteiger charge is 2.32. The number of nitrogens with two attached hydrogens (primary N) is 1. The summed E-state index contributed by atoms with van der Waals surface area (Å²) in [7, 11) is 0. The number of benzene rings is 1. The van der Waals surface area contributed by atoms with Crippen molar-refractivity contribution in [3.05, 3.63) is 35.6 Å². The predicted octanol–water partition coefficient (Wildman–Crippen LogP) is 3.91. The van der Waals surface area contributed by atoms with Crippen LogP contribution in [-0.4, -0.2) is 12.6 Å². The second-order valence-corrected chi connectivity index (χ2v) is 7.13. The van der Waals surface area contributed by atoms with Gasteiger partial charge < -0.3 is 15.5 Å². The summed E-state index contributed by atoms with van der Waals surface area (Å²) in [4.78, 5) is 0. The summed E-state index contributed by atoms with van der Waals surface area (Å²) in [5.41, 5.74) is 8.70. The number of para-hydroxylation sites is 1. The van der Waals surface area contributed by atoms with E-state index < -0.39 is 0 Å². The van der Waals surface area contributed by atoms with Crippen LogP contribution in [0, 0.1) is 12.3 Å². The summed E-state index contributed by atoms with van der Waals surface area (Å²) >= 11 is 0. The Balaban J connectivity index is 1.87. The molecule has 1 aliphatic carbocycles. The Kier molecular flexibility index (Phi) is 3.80. The number of nitrogens with one attached hydrogen (secondary N) is 1. The van der Waals surface area contributed by atoms with Crippen molar-refractivity contribution in [1.82, 2.24) is 5.32 Å². The first kappa shape index (κ1) is 14.6.